The molecule has 1 aromatic heterocycles. The summed E-state index contributed by atoms with van der Waals surface area (Å²) in [4.78, 5) is 36.5. The molecule has 3 aromatic rings. The van der Waals surface area contributed by atoms with E-state index in [-0.39, 0.29) is 17.9 Å². The van der Waals surface area contributed by atoms with Crippen LogP contribution in [-0.4, -0.2) is 45.8 Å². The third kappa shape index (κ3) is 4.95. The topological polar surface area (TPSA) is 75.2 Å². The number of aryl methyl sites for hydroxylation is 1. The van der Waals surface area contributed by atoms with Gasteiger partial charge in [0.1, 0.15) is 5.69 Å². The maximum atomic E-state index is 13.5. The van der Waals surface area contributed by atoms with Gasteiger partial charge in [-0.25, -0.2) is 4.98 Å². The molecule has 2 heterocycles. The first kappa shape index (κ1) is 22.6. The van der Waals surface area contributed by atoms with Gasteiger partial charge in [0, 0.05) is 31.5 Å². The lowest BCUT2D eigenvalue weighted by molar-refractivity contribution is -0.130. The van der Waals surface area contributed by atoms with Crippen LogP contribution in [0.5, 0.6) is 0 Å². The molecule has 0 radical (unpaired) electrons. The second kappa shape index (κ2) is 9.53. The van der Waals surface area contributed by atoms with Crippen molar-refractivity contribution in [3.63, 3.8) is 0 Å². The average Bonchev–Trinajstić information content (AvgIpc) is 3.24. The molecule has 0 spiro atoms. The summed E-state index contributed by atoms with van der Waals surface area (Å²) in [7, 11) is 0. The van der Waals surface area contributed by atoms with Crippen LogP contribution in [0.4, 0.5) is 0 Å². The Bertz CT molecular complexity index is 1150. The monoisotopic (exact) mass is 442 g/mol. The third-order valence-corrected chi connectivity index (χ3v) is 6.20. The van der Waals surface area contributed by atoms with E-state index >= 15 is 0 Å². The molecular formula is C27H30N4O2. The Hall–Kier alpha value is -3.54. The number of hydrogen-bond donors (Lipinski definition) is 1. The van der Waals surface area contributed by atoms with E-state index in [1.807, 2.05) is 26.0 Å². The average molecular weight is 443 g/mol. The van der Waals surface area contributed by atoms with Gasteiger partial charge in [-0.05, 0) is 50.3 Å². The minimum Gasteiger partial charge on any atom is -0.353 e. The Morgan fingerprint density at radius 1 is 1.12 bits per heavy atom. The van der Waals surface area contributed by atoms with E-state index in [9.17, 15) is 9.59 Å². The van der Waals surface area contributed by atoms with Crippen molar-refractivity contribution in [1.29, 1.82) is 0 Å². The summed E-state index contributed by atoms with van der Waals surface area (Å²) in [6.45, 7) is 6.86. The summed E-state index contributed by atoms with van der Waals surface area (Å²) in [6, 6.07) is 16.7. The molecule has 1 N–H and O–H groups in total. The maximum absolute atomic E-state index is 13.5. The number of benzene rings is 2. The van der Waals surface area contributed by atoms with E-state index < -0.39 is 5.41 Å². The standard InChI is InChI=1S/C27H30N4O2/c1-19(2)30-26(33)27(11-14-31(18-27)25(32)24-17-28-12-13-29-24)16-22-8-4-5-10-23(22)21-9-6-7-20(3)15-21/h4-10,12-13,15,17,19H,11,14,16,18H2,1-3H3,(H,30,33)/t27-/m0/s1. The summed E-state index contributed by atoms with van der Waals surface area (Å²) in [5.74, 6) is -0.194. The molecule has 1 aliphatic rings. The molecule has 0 bridgehead atoms. The molecule has 2 amide bonds. The number of aromatic nitrogens is 2. The number of hydrogen-bond acceptors (Lipinski definition) is 4. The largest absolute Gasteiger partial charge is 0.353 e. The van der Waals surface area contributed by atoms with Gasteiger partial charge in [-0.3, -0.25) is 14.6 Å². The lowest BCUT2D eigenvalue weighted by atomic mass is 9.78. The van der Waals surface area contributed by atoms with Crippen molar-refractivity contribution in [2.75, 3.05) is 13.1 Å². The van der Waals surface area contributed by atoms with Crippen LogP contribution in [-0.2, 0) is 11.2 Å². The number of likely N-dealkylation sites (tertiary alicyclic amines) is 1. The Morgan fingerprint density at radius 3 is 2.67 bits per heavy atom. The normalized spacial score (nSPS) is 17.9. The van der Waals surface area contributed by atoms with Crippen LogP contribution >= 0.6 is 0 Å². The summed E-state index contributed by atoms with van der Waals surface area (Å²) < 4.78 is 0. The van der Waals surface area contributed by atoms with Gasteiger partial charge in [0.25, 0.3) is 5.91 Å². The number of carbonyl (C=O) groups excluding carboxylic acids is 2. The highest BCUT2D eigenvalue weighted by molar-refractivity contribution is 5.93. The van der Waals surface area contributed by atoms with Crippen molar-refractivity contribution in [1.82, 2.24) is 20.2 Å². The van der Waals surface area contributed by atoms with Crippen LogP contribution < -0.4 is 5.32 Å². The first-order valence-electron chi connectivity index (χ1n) is 11.4. The zero-order valence-corrected chi connectivity index (χ0v) is 19.4. The molecule has 0 unspecified atom stereocenters. The maximum Gasteiger partial charge on any atom is 0.274 e. The second-order valence-corrected chi connectivity index (χ2v) is 9.18. The van der Waals surface area contributed by atoms with Crippen molar-refractivity contribution in [3.05, 3.63) is 83.9 Å². The first-order valence-corrected chi connectivity index (χ1v) is 11.4. The Morgan fingerprint density at radius 2 is 1.94 bits per heavy atom. The molecule has 1 atom stereocenters. The van der Waals surface area contributed by atoms with Gasteiger partial charge in [0.05, 0.1) is 11.6 Å². The molecule has 1 saturated heterocycles. The fourth-order valence-corrected chi connectivity index (χ4v) is 4.58. The van der Waals surface area contributed by atoms with Gasteiger partial charge in [-0.2, -0.15) is 0 Å². The summed E-state index contributed by atoms with van der Waals surface area (Å²) in [6.07, 6.45) is 5.69. The smallest absolute Gasteiger partial charge is 0.274 e. The number of carbonyl (C=O) groups is 2. The highest BCUT2D eigenvalue weighted by Crippen LogP contribution is 2.38. The molecule has 6 nitrogen and oxygen atoms in total. The summed E-state index contributed by atoms with van der Waals surface area (Å²) >= 11 is 0. The molecule has 0 aliphatic carbocycles. The highest BCUT2D eigenvalue weighted by Gasteiger charge is 2.46. The summed E-state index contributed by atoms with van der Waals surface area (Å²) in [5, 5.41) is 3.11. The number of amides is 2. The molecule has 0 saturated carbocycles. The van der Waals surface area contributed by atoms with Crippen molar-refractivity contribution >= 4 is 11.8 Å². The Balaban J connectivity index is 1.67. The minimum absolute atomic E-state index is 0.00834. The van der Waals surface area contributed by atoms with Gasteiger partial charge in [0.15, 0.2) is 0 Å². The van der Waals surface area contributed by atoms with Crippen molar-refractivity contribution in [2.45, 2.75) is 39.7 Å². The van der Waals surface area contributed by atoms with Crippen molar-refractivity contribution < 1.29 is 9.59 Å². The van der Waals surface area contributed by atoms with Crippen molar-refractivity contribution in [2.24, 2.45) is 5.41 Å². The Labute approximate surface area is 195 Å². The number of nitrogens with zero attached hydrogens (tertiary/aromatic N) is 3. The second-order valence-electron chi connectivity index (χ2n) is 9.18. The van der Waals surface area contributed by atoms with Crippen LogP contribution in [0.15, 0.2) is 67.1 Å². The zero-order valence-electron chi connectivity index (χ0n) is 19.4. The van der Waals surface area contributed by atoms with Crippen LogP contribution in [0.2, 0.25) is 0 Å². The summed E-state index contributed by atoms with van der Waals surface area (Å²) in [5.41, 5.74) is 4.15. The SMILES string of the molecule is Cc1cccc(-c2ccccc2C[C@@]2(C(=O)NC(C)C)CCN(C(=O)c3cnccn3)C2)c1. The van der Waals surface area contributed by atoms with E-state index in [0.717, 1.165) is 16.7 Å². The predicted octanol–water partition coefficient (Wildman–Crippen LogP) is 4.05. The van der Waals surface area contributed by atoms with Crippen LogP contribution in [0.25, 0.3) is 11.1 Å². The van der Waals surface area contributed by atoms with Crippen LogP contribution in [0.3, 0.4) is 0 Å². The van der Waals surface area contributed by atoms with Crippen LogP contribution in [0.1, 0.15) is 41.9 Å². The molecule has 1 aliphatic heterocycles. The Kier molecular flexibility index (Phi) is 6.54. The van der Waals surface area contributed by atoms with E-state index in [4.69, 9.17) is 0 Å². The lowest BCUT2D eigenvalue weighted by Crippen LogP contribution is -2.47. The third-order valence-electron chi connectivity index (χ3n) is 6.20. The predicted molar refractivity (Wildman–Crippen MR) is 129 cm³/mol. The molecule has 33 heavy (non-hydrogen) atoms. The van der Waals surface area contributed by atoms with Gasteiger partial charge in [-0.1, -0.05) is 54.1 Å². The molecule has 6 heteroatoms. The van der Waals surface area contributed by atoms with E-state index in [1.165, 1.54) is 18.0 Å². The highest BCUT2D eigenvalue weighted by atomic mass is 16.2. The van der Waals surface area contributed by atoms with E-state index in [2.05, 4.69) is 58.6 Å². The molecular weight excluding hydrogens is 412 g/mol. The number of rotatable bonds is 6. The molecule has 170 valence electrons. The molecule has 1 fully saturated rings. The first-order chi connectivity index (χ1) is 15.9. The fourth-order valence-electron chi connectivity index (χ4n) is 4.58. The van der Waals surface area contributed by atoms with Gasteiger partial charge >= 0.3 is 0 Å². The fraction of sp³-hybridized carbons (Fsp3) is 0.333. The molecule has 4 rings (SSSR count). The van der Waals surface area contributed by atoms with Crippen LogP contribution in [0, 0.1) is 12.3 Å². The lowest BCUT2D eigenvalue weighted by Gasteiger charge is -2.30. The van der Waals surface area contributed by atoms with Gasteiger partial charge in [0.2, 0.25) is 5.91 Å². The minimum atomic E-state index is -0.706. The van der Waals surface area contributed by atoms with Gasteiger partial charge < -0.3 is 10.2 Å². The quantitative estimate of drug-likeness (QED) is 0.625. The van der Waals surface area contributed by atoms with E-state index in [0.29, 0.717) is 31.6 Å². The number of nitrogens with one attached hydrogen (secondary N) is 1. The zero-order chi connectivity index (χ0) is 23.4. The van der Waals surface area contributed by atoms with Crippen molar-refractivity contribution in [3.8, 4) is 11.1 Å². The van der Waals surface area contributed by atoms with E-state index in [1.54, 1.807) is 11.1 Å². The van der Waals surface area contributed by atoms with Gasteiger partial charge in [-0.15, -0.1) is 0 Å². The molecule has 2 aromatic carbocycles.